The Morgan fingerprint density at radius 2 is 1.89 bits per heavy atom. The van der Waals surface area contributed by atoms with Crippen molar-refractivity contribution in [1.82, 2.24) is 10.3 Å². The number of carbonyl (C=O) groups excluding carboxylic acids is 1. The highest BCUT2D eigenvalue weighted by atomic mass is 16.5. The largest absolute Gasteiger partial charge is 0.496 e. The molecule has 0 bridgehead atoms. The number of methoxy groups -OCH3 is 3. The Hall–Kier alpha value is -4.26. The van der Waals surface area contributed by atoms with Crippen LogP contribution in [0.5, 0.6) is 17.2 Å². The number of rotatable bonds is 8. The van der Waals surface area contributed by atoms with Crippen molar-refractivity contribution in [3.8, 4) is 28.4 Å². The van der Waals surface area contributed by atoms with Gasteiger partial charge in [0.15, 0.2) is 11.5 Å². The number of benzene rings is 2. The molecular formula is C28H28N2O5. The number of nitrogens with zero attached hydrogens (tertiary/aromatic N) is 1. The van der Waals surface area contributed by atoms with Crippen molar-refractivity contribution >= 4 is 22.4 Å². The maximum atomic E-state index is 12.6. The highest BCUT2D eigenvalue weighted by molar-refractivity contribution is 6.01. The molecule has 0 radical (unpaired) electrons. The van der Waals surface area contributed by atoms with E-state index in [0.717, 1.165) is 44.4 Å². The third kappa shape index (κ3) is 4.84. The molecule has 7 nitrogen and oxygen atoms in total. The molecule has 2 aromatic heterocycles. The quantitative estimate of drug-likeness (QED) is 0.339. The van der Waals surface area contributed by atoms with Gasteiger partial charge in [-0.1, -0.05) is 12.1 Å². The smallest absolute Gasteiger partial charge is 0.244 e. The first kappa shape index (κ1) is 23.9. The molecule has 7 heteroatoms. The van der Waals surface area contributed by atoms with Crippen molar-refractivity contribution in [3.05, 3.63) is 77.8 Å². The average molecular weight is 473 g/mol. The van der Waals surface area contributed by atoms with Gasteiger partial charge in [-0.15, -0.1) is 0 Å². The van der Waals surface area contributed by atoms with E-state index >= 15 is 0 Å². The fourth-order valence-corrected chi connectivity index (χ4v) is 4.12. The van der Waals surface area contributed by atoms with Gasteiger partial charge in [0.25, 0.3) is 0 Å². The maximum Gasteiger partial charge on any atom is 0.244 e. The van der Waals surface area contributed by atoms with Crippen LogP contribution in [0.3, 0.4) is 0 Å². The molecule has 1 N–H and O–H groups in total. The Kier molecular flexibility index (Phi) is 7.06. The van der Waals surface area contributed by atoms with Gasteiger partial charge in [-0.2, -0.15) is 0 Å². The third-order valence-electron chi connectivity index (χ3n) is 5.90. The Balaban J connectivity index is 1.72. The number of aryl methyl sites for hydroxylation is 1. The summed E-state index contributed by atoms with van der Waals surface area (Å²) < 4.78 is 22.5. The lowest BCUT2D eigenvalue weighted by Crippen LogP contribution is -2.20. The monoisotopic (exact) mass is 472 g/mol. The Morgan fingerprint density at radius 3 is 2.57 bits per heavy atom. The van der Waals surface area contributed by atoms with Crippen LogP contribution in [-0.4, -0.2) is 32.2 Å². The molecule has 0 spiro atoms. The van der Waals surface area contributed by atoms with Crippen LogP contribution in [0.2, 0.25) is 0 Å². The maximum absolute atomic E-state index is 12.6. The number of carbonyl (C=O) groups is 1. The van der Waals surface area contributed by atoms with Crippen LogP contribution >= 0.6 is 0 Å². The summed E-state index contributed by atoms with van der Waals surface area (Å²) in [5, 5.41) is 3.82. The number of allylic oxidation sites excluding steroid dienone is 1. The molecule has 4 rings (SSSR count). The second-order valence-corrected chi connectivity index (χ2v) is 8.08. The van der Waals surface area contributed by atoms with Crippen LogP contribution in [0.25, 0.3) is 27.7 Å². The summed E-state index contributed by atoms with van der Waals surface area (Å²) in [6, 6.07) is 11.5. The van der Waals surface area contributed by atoms with Crippen LogP contribution in [0.4, 0.5) is 0 Å². The number of fused-ring (bicyclic) bond motifs is 1. The van der Waals surface area contributed by atoms with Crippen LogP contribution in [-0.2, 0) is 11.3 Å². The number of furan rings is 1. The fourth-order valence-electron chi connectivity index (χ4n) is 4.12. The molecule has 4 aromatic rings. The van der Waals surface area contributed by atoms with E-state index in [1.807, 2.05) is 50.2 Å². The fraction of sp³-hybridized carbons (Fsp3) is 0.214. The molecule has 0 aliphatic carbocycles. The van der Waals surface area contributed by atoms with Crippen molar-refractivity contribution in [2.45, 2.75) is 20.4 Å². The summed E-state index contributed by atoms with van der Waals surface area (Å²) in [5.74, 6) is 1.75. The molecule has 0 aliphatic rings. The first-order chi connectivity index (χ1) is 17.0. The summed E-state index contributed by atoms with van der Waals surface area (Å²) in [7, 11) is 4.83. The van der Waals surface area contributed by atoms with Gasteiger partial charge < -0.3 is 23.9 Å². The van der Waals surface area contributed by atoms with Crippen LogP contribution < -0.4 is 19.5 Å². The minimum atomic E-state index is -0.196. The summed E-state index contributed by atoms with van der Waals surface area (Å²) in [6.07, 6.45) is 6.73. The second-order valence-electron chi connectivity index (χ2n) is 8.08. The van der Waals surface area contributed by atoms with E-state index in [0.29, 0.717) is 23.8 Å². The molecule has 180 valence electrons. The first-order valence-corrected chi connectivity index (χ1v) is 11.1. The predicted molar refractivity (Wildman–Crippen MR) is 136 cm³/mol. The summed E-state index contributed by atoms with van der Waals surface area (Å²) in [5.41, 5.74) is 5.93. The van der Waals surface area contributed by atoms with E-state index in [1.165, 1.54) is 0 Å². The molecule has 0 unspecified atom stereocenters. The van der Waals surface area contributed by atoms with E-state index in [-0.39, 0.29) is 5.91 Å². The lowest BCUT2D eigenvalue weighted by atomic mass is 9.96. The number of ether oxygens (including phenoxy) is 3. The minimum absolute atomic E-state index is 0.196. The Labute approximate surface area is 204 Å². The zero-order valence-electron chi connectivity index (χ0n) is 20.5. The zero-order valence-corrected chi connectivity index (χ0v) is 20.5. The second kappa shape index (κ2) is 10.3. The highest BCUT2D eigenvalue weighted by Gasteiger charge is 2.19. The number of hydrogen-bond acceptors (Lipinski definition) is 6. The predicted octanol–water partition coefficient (Wildman–Crippen LogP) is 5.55. The highest BCUT2D eigenvalue weighted by Crippen LogP contribution is 2.42. The summed E-state index contributed by atoms with van der Waals surface area (Å²) >= 11 is 0. The molecule has 0 aliphatic heterocycles. The standard InChI is InChI=1S/C28H28N2O5/c1-17(11-26(31)30-15-19-7-6-10-29-14-19)21-13-22-23(16-35-28(22)18(2)27(21)34-5)20-8-9-24(32-3)25(12-20)33-4/h6-14,16H,15H2,1-5H3,(H,30,31)/b17-11+. The van der Waals surface area contributed by atoms with E-state index in [1.54, 1.807) is 46.1 Å². The lowest BCUT2D eigenvalue weighted by molar-refractivity contribution is -0.116. The molecule has 0 saturated heterocycles. The SMILES string of the molecule is COc1ccc(-c2coc3c(C)c(OC)c(/C(C)=C/C(=O)NCc4cccnc4)cc23)cc1OC. The van der Waals surface area contributed by atoms with Gasteiger partial charge in [-0.05, 0) is 54.8 Å². The van der Waals surface area contributed by atoms with Crippen LogP contribution in [0, 0.1) is 6.92 Å². The lowest BCUT2D eigenvalue weighted by Gasteiger charge is -2.14. The number of hydrogen-bond donors (Lipinski definition) is 1. The van der Waals surface area contributed by atoms with E-state index < -0.39 is 0 Å². The Morgan fingerprint density at radius 1 is 1.09 bits per heavy atom. The van der Waals surface area contributed by atoms with Crippen molar-refractivity contribution < 1.29 is 23.4 Å². The molecular weight excluding hydrogens is 444 g/mol. The number of aromatic nitrogens is 1. The molecule has 0 fully saturated rings. The van der Waals surface area contributed by atoms with E-state index in [4.69, 9.17) is 18.6 Å². The molecule has 2 heterocycles. The average Bonchev–Trinajstić information content (AvgIpc) is 3.32. The number of amides is 1. The Bertz CT molecular complexity index is 1390. The molecule has 1 amide bonds. The molecule has 2 aromatic carbocycles. The van der Waals surface area contributed by atoms with E-state index in [9.17, 15) is 4.79 Å². The van der Waals surface area contributed by atoms with Crippen molar-refractivity contribution in [3.63, 3.8) is 0 Å². The van der Waals surface area contributed by atoms with Crippen LogP contribution in [0.15, 0.2) is 65.5 Å². The number of pyridine rings is 1. The van der Waals surface area contributed by atoms with Crippen molar-refractivity contribution in [2.24, 2.45) is 0 Å². The third-order valence-corrected chi connectivity index (χ3v) is 5.90. The minimum Gasteiger partial charge on any atom is -0.496 e. The van der Waals surface area contributed by atoms with Gasteiger partial charge in [0, 0.05) is 47.1 Å². The van der Waals surface area contributed by atoms with Gasteiger partial charge in [0.2, 0.25) is 5.91 Å². The van der Waals surface area contributed by atoms with E-state index in [2.05, 4.69) is 10.3 Å². The molecule has 35 heavy (non-hydrogen) atoms. The van der Waals surface area contributed by atoms with Crippen molar-refractivity contribution in [1.29, 1.82) is 0 Å². The summed E-state index contributed by atoms with van der Waals surface area (Å²) in [4.78, 5) is 16.7. The zero-order chi connectivity index (χ0) is 24.9. The van der Waals surface area contributed by atoms with Gasteiger partial charge in [0.05, 0.1) is 27.6 Å². The summed E-state index contributed by atoms with van der Waals surface area (Å²) in [6.45, 7) is 4.24. The van der Waals surface area contributed by atoms with Crippen LogP contribution in [0.1, 0.15) is 23.6 Å². The van der Waals surface area contributed by atoms with Gasteiger partial charge >= 0.3 is 0 Å². The van der Waals surface area contributed by atoms with Gasteiger partial charge in [-0.3, -0.25) is 9.78 Å². The first-order valence-electron chi connectivity index (χ1n) is 11.1. The topological polar surface area (TPSA) is 82.8 Å². The van der Waals surface area contributed by atoms with Crippen molar-refractivity contribution in [2.75, 3.05) is 21.3 Å². The molecule has 0 atom stereocenters. The van der Waals surface area contributed by atoms with Gasteiger partial charge in [0.1, 0.15) is 11.3 Å². The normalized spacial score (nSPS) is 11.4. The van der Waals surface area contributed by atoms with Gasteiger partial charge in [-0.25, -0.2) is 0 Å². The number of nitrogens with one attached hydrogen (secondary N) is 1. The molecule has 0 saturated carbocycles.